The number of carbonyl (C=O) groups is 2. The van der Waals surface area contributed by atoms with Crippen LogP contribution in [-0.2, 0) is 4.74 Å². The molecule has 2 aromatic carbocycles. The molecule has 0 aliphatic carbocycles. The Labute approximate surface area is 163 Å². The van der Waals surface area contributed by atoms with E-state index in [1.54, 1.807) is 37.4 Å². The van der Waals surface area contributed by atoms with Crippen molar-refractivity contribution in [1.29, 1.82) is 0 Å². The molecule has 3 rings (SSSR count). The molecule has 0 aliphatic heterocycles. The van der Waals surface area contributed by atoms with Gasteiger partial charge in [-0.3, -0.25) is 4.98 Å². The van der Waals surface area contributed by atoms with Gasteiger partial charge in [-0.2, -0.15) is 0 Å². The highest BCUT2D eigenvalue weighted by Gasteiger charge is 2.18. The molecule has 0 aliphatic rings. The standard InChI is InChI=1S/C22H21N3O3/c1-2-28-21(26)17-11-13-18(14-12-17)24-22(27)25-20(16-8-4-3-5-9-16)19-10-6-7-15-23-19/h3-15,20H,2H2,1H3,(H2,24,25,27). The van der Waals surface area contributed by atoms with Crippen LogP contribution in [0.1, 0.15) is 34.6 Å². The zero-order valence-corrected chi connectivity index (χ0v) is 15.5. The fourth-order valence-electron chi connectivity index (χ4n) is 2.72. The molecule has 0 radical (unpaired) electrons. The van der Waals surface area contributed by atoms with E-state index in [1.807, 2.05) is 48.5 Å². The van der Waals surface area contributed by atoms with Crippen molar-refractivity contribution in [3.63, 3.8) is 0 Å². The van der Waals surface area contributed by atoms with Crippen molar-refractivity contribution in [2.45, 2.75) is 13.0 Å². The minimum atomic E-state index is -0.391. The van der Waals surface area contributed by atoms with Crippen molar-refractivity contribution in [2.24, 2.45) is 0 Å². The molecule has 2 amide bonds. The minimum absolute atomic E-state index is 0.315. The van der Waals surface area contributed by atoms with Gasteiger partial charge in [-0.05, 0) is 48.9 Å². The van der Waals surface area contributed by atoms with Crippen LogP contribution in [0.15, 0.2) is 79.0 Å². The first-order valence-electron chi connectivity index (χ1n) is 8.98. The molecule has 0 saturated carbocycles. The molecule has 1 atom stereocenters. The fraction of sp³-hybridized carbons (Fsp3) is 0.136. The van der Waals surface area contributed by atoms with E-state index in [4.69, 9.17) is 4.74 Å². The van der Waals surface area contributed by atoms with Crippen LogP contribution in [0.5, 0.6) is 0 Å². The van der Waals surface area contributed by atoms with Gasteiger partial charge in [-0.15, -0.1) is 0 Å². The first-order chi connectivity index (χ1) is 13.7. The molecule has 28 heavy (non-hydrogen) atoms. The largest absolute Gasteiger partial charge is 0.462 e. The average molecular weight is 375 g/mol. The molecule has 6 heteroatoms. The summed E-state index contributed by atoms with van der Waals surface area (Å²) in [5.74, 6) is -0.391. The zero-order valence-electron chi connectivity index (χ0n) is 15.5. The number of hydrogen-bond acceptors (Lipinski definition) is 4. The molecular weight excluding hydrogens is 354 g/mol. The first-order valence-corrected chi connectivity index (χ1v) is 8.98. The quantitative estimate of drug-likeness (QED) is 0.634. The van der Waals surface area contributed by atoms with Crippen LogP contribution in [0.3, 0.4) is 0 Å². The predicted octanol–water partition coefficient (Wildman–Crippen LogP) is 4.17. The van der Waals surface area contributed by atoms with Crippen LogP contribution in [-0.4, -0.2) is 23.6 Å². The Bertz CT molecular complexity index is 873. The van der Waals surface area contributed by atoms with Gasteiger partial charge < -0.3 is 15.4 Å². The van der Waals surface area contributed by atoms with E-state index in [0.717, 1.165) is 11.3 Å². The Morgan fingerprint density at radius 3 is 2.32 bits per heavy atom. The number of nitrogens with zero attached hydrogens (tertiary/aromatic N) is 1. The second kappa shape index (κ2) is 9.32. The van der Waals surface area contributed by atoms with Crippen molar-refractivity contribution in [2.75, 3.05) is 11.9 Å². The van der Waals surface area contributed by atoms with E-state index in [1.165, 1.54) is 0 Å². The number of urea groups is 1. The van der Waals surface area contributed by atoms with Crippen LogP contribution in [0.4, 0.5) is 10.5 Å². The summed E-state index contributed by atoms with van der Waals surface area (Å²) in [6.07, 6.45) is 1.69. The molecular formula is C22H21N3O3. The number of anilines is 1. The number of ether oxygens (including phenoxy) is 1. The third kappa shape index (κ3) is 4.94. The van der Waals surface area contributed by atoms with Gasteiger partial charge in [0.05, 0.1) is 23.9 Å². The number of amides is 2. The predicted molar refractivity (Wildman–Crippen MR) is 107 cm³/mol. The topological polar surface area (TPSA) is 80.3 Å². The van der Waals surface area contributed by atoms with E-state index in [2.05, 4.69) is 15.6 Å². The van der Waals surface area contributed by atoms with Gasteiger partial charge in [-0.25, -0.2) is 9.59 Å². The number of carbonyl (C=O) groups excluding carboxylic acids is 2. The lowest BCUT2D eigenvalue weighted by atomic mass is 10.0. The first kappa shape index (κ1) is 19.1. The Morgan fingerprint density at radius 1 is 0.964 bits per heavy atom. The van der Waals surface area contributed by atoms with Gasteiger partial charge in [0.15, 0.2) is 0 Å². The van der Waals surface area contributed by atoms with Gasteiger partial charge in [0.1, 0.15) is 0 Å². The summed E-state index contributed by atoms with van der Waals surface area (Å²) in [5, 5.41) is 5.73. The number of nitrogens with one attached hydrogen (secondary N) is 2. The van der Waals surface area contributed by atoms with E-state index < -0.39 is 5.97 Å². The molecule has 1 unspecified atom stereocenters. The van der Waals surface area contributed by atoms with Gasteiger partial charge in [0.25, 0.3) is 0 Å². The maximum Gasteiger partial charge on any atom is 0.338 e. The van der Waals surface area contributed by atoms with Crippen LogP contribution in [0, 0.1) is 0 Å². The maximum atomic E-state index is 12.5. The summed E-state index contributed by atoms with van der Waals surface area (Å²) in [4.78, 5) is 28.6. The van der Waals surface area contributed by atoms with Crippen molar-refractivity contribution in [1.82, 2.24) is 10.3 Å². The van der Waals surface area contributed by atoms with Gasteiger partial charge in [0, 0.05) is 11.9 Å². The maximum absolute atomic E-state index is 12.5. The molecule has 142 valence electrons. The van der Waals surface area contributed by atoms with Gasteiger partial charge >= 0.3 is 12.0 Å². The fourth-order valence-corrected chi connectivity index (χ4v) is 2.72. The Morgan fingerprint density at radius 2 is 1.68 bits per heavy atom. The SMILES string of the molecule is CCOC(=O)c1ccc(NC(=O)NC(c2ccccc2)c2ccccn2)cc1. The van der Waals surface area contributed by atoms with Crippen molar-refractivity contribution < 1.29 is 14.3 Å². The molecule has 0 spiro atoms. The Balaban J connectivity index is 1.71. The van der Waals surface area contributed by atoms with E-state index >= 15 is 0 Å². The van der Waals surface area contributed by atoms with E-state index in [-0.39, 0.29) is 12.1 Å². The molecule has 1 heterocycles. The van der Waals surface area contributed by atoms with Crippen molar-refractivity contribution in [3.8, 4) is 0 Å². The minimum Gasteiger partial charge on any atom is -0.462 e. The zero-order chi connectivity index (χ0) is 19.8. The normalized spacial score (nSPS) is 11.3. The second-order valence-corrected chi connectivity index (χ2v) is 5.99. The highest BCUT2D eigenvalue weighted by atomic mass is 16.5. The number of esters is 1. The van der Waals surface area contributed by atoms with Crippen molar-refractivity contribution >= 4 is 17.7 Å². The summed E-state index contributed by atoms with van der Waals surface area (Å²) >= 11 is 0. The number of pyridine rings is 1. The lowest BCUT2D eigenvalue weighted by Crippen LogP contribution is -2.33. The Hall–Kier alpha value is -3.67. The number of rotatable bonds is 6. The third-order valence-electron chi connectivity index (χ3n) is 4.05. The monoisotopic (exact) mass is 375 g/mol. The highest BCUT2D eigenvalue weighted by molar-refractivity contribution is 5.92. The smallest absolute Gasteiger partial charge is 0.338 e. The summed E-state index contributed by atoms with van der Waals surface area (Å²) in [6, 6.07) is 21.0. The number of benzene rings is 2. The third-order valence-corrected chi connectivity index (χ3v) is 4.05. The molecule has 2 N–H and O–H groups in total. The summed E-state index contributed by atoms with van der Waals surface area (Å²) in [7, 11) is 0. The lowest BCUT2D eigenvalue weighted by Gasteiger charge is -2.19. The molecule has 0 fully saturated rings. The number of aromatic nitrogens is 1. The molecule has 0 saturated heterocycles. The summed E-state index contributed by atoms with van der Waals surface area (Å²) < 4.78 is 4.95. The average Bonchev–Trinajstić information content (AvgIpc) is 2.74. The van der Waals surface area contributed by atoms with Crippen LogP contribution >= 0.6 is 0 Å². The summed E-state index contributed by atoms with van der Waals surface area (Å²) in [6.45, 7) is 2.07. The van der Waals surface area contributed by atoms with Gasteiger partial charge in [-0.1, -0.05) is 36.4 Å². The molecule has 0 bridgehead atoms. The second-order valence-electron chi connectivity index (χ2n) is 5.99. The lowest BCUT2D eigenvalue weighted by molar-refractivity contribution is 0.0526. The van der Waals surface area contributed by atoms with Crippen LogP contribution in [0.25, 0.3) is 0 Å². The van der Waals surface area contributed by atoms with Crippen LogP contribution in [0.2, 0.25) is 0 Å². The van der Waals surface area contributed by atoms with E-state index in [0.29, 0.717) is 17.9 Å². The molecule has 1 aromatic heterocycles. The molecule has 6 nitrogen and oxygen atoms in total. The Kier molecular flexibility index (Phi) is 6.36. The van der Waals surface area contributed by atoms with E-state index in [9.17, 15) is 9.59 Å². The highest BCUT2D eigenvalue weighted by Crippen LogP contribution is 2.20. The summed E-state index contributed by atoms with van der Waals surface area (Å²) in [5.41, 5.74) is 2.66. The number of hydrogen-bond donors (Lipinski definition) is 2. The van der Waals surface area contributed by atoms with Crippen molar-refractivity contribution in [3.05, 3.63) is 95.8 Å². The molecule has 3 aromatic rings. The van der Waals surface area contributed by atoms with Crippen LogP contribution < -0.4 is 10.6 Å². The van der Waals surface area contributed by atoms with Gasteiger partial charge in [0.2, 0.25) is 0 Å².